The van der Waals surface area contributed by atoms with E-state index < -0.39 is 0 Å². The maximum Gasteiger partial charge on any atom is 0.0762 e. The predicted octanol–water partition coefficient (Wildman–Crippen LogP) is 1.80. The number of benzene rings is 1. The monoisotopic (exact) mass is 234 g/mol. The van der Waals surface area contributed by atoms with Crippen molar-refractivity contribution in [3.8, 4) is 0 Å². The van der Waals surface area contributed by atoms with Gasteiger partial charge in [-0.25, -0.2) is 0 Å². The van der Waals surface area contributed by atoms with Gasteiger partial charge in [0.25, 0.3) is 0 Å². The summed E-state index contributed by atoms with van der Waals surface area (Å²) < 4.78 is 5.69. The highest BCUT2D eigenvalue weighted by molar-refractivity contribution is 5.48. The zero-order valence-corrected chi connectivity index (χ0v) is 10.6. The number of morpholine rings is 1. The average Bonchev–Trinajstić information content (AvgIpc) is 2.40. The third-order valence-electron chi connectivity index (χ3n) is 3.34. The molecule has 2 rings (SSSR count). The Morgan fingerprint density at radius 3 is 2.76 bits per heavy atom. The molecule has 1 aromatic carbocycles. The van der Waals surface area contributed by atoms with Crippen molar-refractivity contribution in [1.82, 2.24) is 0 Å². The summed E-state index contributed by atoms with van der Waals surface area (Å²) in [6.07, 6.45) is 2.34. The highest BCUT2D eigenvalue weighted by Crippen LogP contribution is 2.19. The van der Waals surface area contributed by atoms with Crippen LogP contribution in [0.15, 0.2) is 24.3 Å². The van der Waals surface area contributed by atoms with Crippen molar-refractivity contribution in [2.45, 2.75) is 25.9 Å². The third-order valence-corrected chi connectivity index (χ3v) is 3.34. The lowest BCUT2D eigenvalue weighted by Gasteiger charge is -2.34. The van der Waals surface area contributed by atoms with Gasteiger partial charge in [-0.2, -0.15) is 0 Å². The van der Waals surface area contributed by atoms with E-state index in [2.05, 4.69) is 36.1 Å². The Labute approximate surface area is 104 Å². The molecule has 0 amide bonds. The van der Waals surface area contributed by atoms with Crippen molar-refractivity contribution >= 4 is 5.69 Å². The molecule has 0 aromatic heterocycles. The molecule has 0 radical (unpaired) electrons. The number of nitrogens with two attached hydrogens (primary N) is 1. The Hall–Kier alpha value is -1.06. The molecule has 0 aliphatic carbocycles. The molecule has 1 fully saturated rings. The van der Waals surface area contributed by atoms with Crippen LogP contribution in [0.25, 0.3) is 0 Å². The van der Waals surface area contributed by atoms with Crippen LogP contribution in [0.3, 0.4) is 0 Å². The maximum atomic E-state index is 5.69. The van der Waals surface area contributed by atoms with Crippen LogP contribution >= 0.6 is 0 Å². The van der Waals surface area contributed by atoms with E-state index in [9.17, 15) is 0 Å². The van der Waals surface area contributed by atoms with Crippen molar-refractivity contribution in [2.75, 3.05) is 31.1 Å². The number of aryl methyl sites for hydroxylation is 1. The third kappa shape index (κ3) is 3.20. The quantitative estimate of drug-likeness (QED) is 0.863. The lowest BCUT2D eigenvalue weighted by atomic mass is 10.1. The molecular formula is C14H22N2O. The molecule has 1 aliphatic heterocycles. The summed E-state index contributed by atoms with van der Waals surface area (Å²) >= 11 is 0. The van der Waals surface area contributed by atoms with Crippen LogP contribution in [0.1, 0.15) is 18.9 Å². The summed E-state index contributed by atoms with van der Waals surface area (Å²) in [6, 6.07) is 8.85. The second-order valence-electron chi connectivity index (χ2n) is 4.54. The molecule has 3 nitrogen and oxygen atoms in total. The standard InChI is InChI=1S/C14H22N2O/c1-2-12-3-5-13(6-4-12)16-9-10-17-14(11-16)7-8-15/h3-6,14H,2,7-11,15H2,1H3. The van der Waals surface area contributed by atoms with E-state index in [0.29, 0.717) is 12.6 Å². The van der Waals surface area contributed by atoms with Crippen LogP contribution in [-0.4, -0.2) is 32.3 Å². The SMILES string of the molecule is CCc1ccc(N2CCOC(CCN)C2)cc1. The fourth-order valence-electron chi connectivity index (χ4n) is 2.26. The molecule has 94 valence electrons. The van der Waals surface area contributed by atoms with Crippen LogP contribution in [0.5, 0.6) is 0 Å². The minimum Gasteiger partial charge on any atom is -0.374 e. The first kappa shape index (κ1) is 12.4. The fourth-order valence-corrected chi connectivity index (χ4v) is 2.26. The molecule has 2 N–H and O–H groups in total. The average molecular weight is 234 g/mol. The molecule has 1 aromatic rings. The Balaban J connectivity index is 2.00. The zero-order valence-electron chi connectivity index (χ0n) is 10.6. The van der Waals surface area contributed by atoms with Gasteiger partial charge in [-0.05, 0) is 37.1 Å². The number of anilines is 1. The predicted molar refractivity (Wildman–Crippen MR) is 71.4 cm³/mol. The molecule has 1 unspecified atom stereocenters. The van der Waals surface area contributed by atoms with Crippen molar-refractivity contribution in [1.29, 1.82) is 0 Å². The minimum absolute atomic E-state index is 0.291. The fraction of sp³-hybridized carbons (Fsp3) is 0.571. The molecular weight excluding hydrogens is 212 g/mol. The molecule has 1 atom stereocenters. The van der Waals surface area contributed by atoms with Gasteiger partial charge in [0.2, 0.25) is 0 Å². The van der Waals surface area contributed by atoms with Crippen molar-refractivity contribution in [2.24, 2.45) is 5.73 Å². The highest BCUT2D eigenvalue weighted by Gasteiger charge is 2.19. The number of hydrogen-bond acceptors (Lipinski definition) is 3. The van der Waals surface area contributed by atoms with Gasteiger partial charge in [0.05, 0.1) is 12.7 Å². The van der Waals surface area contributed by atoms with E-state index in [1.165, 1.54) is 11.3 Å². The Kier molecular flexibility index (Phi) is 4.40. The van der Waals surface area contributed by atoms with E-state index in [4.69, 9.17) is 10.5 Å². The van der Waals surface area contributed by atoms with Gasteiger partial charge in [0.15, 0.2) is 0 Å². The van der Waals surface area contributed by atoms with E-state index >= 15 is 0 Å². The van der Waals surface area contributed by atoms with Crippen molar-refractivity contribution in [3.63, 3.8) is 0 Å². The minimum atomic E-state index is 0.291. The first-order valence-electron chi connectivity index (χ1n) is 6.49. The molecule has 0 bridgehead atoms. The summed E-state index contributed by atoms with van der Waals surface area (Å²) in [6.45, 7) is 5.63. The smallest absolute Gasteiger partial charge is 0.0762 e. The topological polar surface area (TPSA) is 38.5 Å². The number of nitrogens with zero attached hydrogens (tertiary/aromatic N) is 1. The van der Waals surface area contributed by atoms with Gasteiger partial charge >= 0.3 is 0 Å². The molecule has 1 aliphatic rings. The zero-order chi connectivity index (χ0) is 12.1. The van der Waals surface area contributed by atoms with Crippen LogP contribution in [-0.2, 0) is 11.2 Å². The summed E-state index contributed by atoms with van der Waals surface area (Å²) in [5.74, 6) is 0. The van der Waals surface area contributed by atoms with Gasteiger partial charge < -0.3 is 15.4 Å². The maximum absolute atomic E-state index is 5.69. The molecule has 0 saturated carbocycles. The van der Waals surface area contributed by atoms with Gasteiger partial charge in [-0.3, -0.25) is 0 Å². The van der Waals surface area contributed by atoms with Crippen LogP contribution < -0.4 is 10.6 Å². The lowest BCUT2D eigenvalue weighted by molar-refractivity contribution is 0.0369. The largest absolute Gasteiger partial charge is 0.374 e. The number of ether oxygens (including phenoxy) is 1. The summed E-state index contributed by atoms with van der Waals surface area (Å²) in [5.41, 5.74) is 8.27. The van der Waals surface area contributed by atoms with E-state index in [1.54, 1.807) is 0 Å². The molecule has 0 spiro atoms. The summed E-state index contributed by atoms with van der Waals surface area (Å²) in [7, 11) is 0. The second-order valence-corrected chi connectivity index (χ2v) is 4.54. The summed E-state index contributed by atoms with van der Waals surface area (Å²) in [4.78, 5) is 2.39. The Morgan fingerprint density at radius 2 is 2.12 bits per heavy atom. The van der Waals surface area contributed by atoms with Crippen molar-refractivity contribution in [3.05, 3.63) is 29.8 Å². The van der Waals surface area contributed by atoms with Gasteiger partial charge in [0, 0.05) is 18.8 Å². The summed E-state index contributed by atoms with van der Waals surface area (Å²) in [5, 5.41) is 0. The highest BCUT2D eigenvalue weighted by atomic mass is 16.5. The molecule has 1 saturated heterocycles. The van der Waals surface area contributed by atoms with Crippen molar-refractivity contribution < 1.29 is 4.74 Å². The Morgan fingerprint density at radius 1 is 1.35 bits per heavy atom. The lowest BCUT2D eigenvalue weighted by Crippen LogP contribution is -2.43. The van der Waals surface area contributed by atoms with Crippen LogP contribution in [0.4, 0.5) is 5.69 Å². The first-order chi connectivity index (χ1) is 8.33. The molecule has 1 heterocycles. The first-order valence-corrected chi connectivity index (χ1v) is 6.49. The van der Waals surface area contributed by atoms with Gasteiger partial charge in [-0.15, -0.1) is 0 Å². The van der Waals surface area contributed by atoms with E-state index in [0.717, 1.165) is 32.5 Å². The number of hydrogen-bond donors (Lipinski definition) is 1. The molecule has 3 heteroatoms. The van der Waals surface area contributed by atoms with Gasteiger partial charge in [0.1, 0.15) is 0 Å². The van der Waals surface area contributed by atoms with E-state index in [-0.39, 0.29) is 0 Å². The normalized spacial score (nSPS) is 20.6. The van der Waals surface area contributed by atoms with Crippen LogP contribution in [0.2, 0.25) is 0 Å². The van der Waals surface area contributed by atoms with Gasteiger partial charge in [-0.1, -0.05) is 19.1 Å². The van der Waals surface area contributed by atoms with E-state index in [1.807, 2.05) is 0 Å². The number of rotatable bonds is 4. The Bertz CT molecular complexity index is 335. The second kappa shape index (κ2) is 6.03. The molecule has 17 heavy (non-hydrogen) atoms. The van der Waals surface area contributed by atoms with Crippen LogP contribution in [0, 0.1) is 0 Å².